The molecule has 236 valence electrons. The highest BCUT2D eigenvalue weighted by atomic mass is 19.4. The molecule has 0 bridgehead atoms. The number of carboxylic acid groups (broad SMARTS) is 1. The number of halogens is 8. The minimum absolute atomic E-state index is 0.0205. The van der Waals surface area contributed by atoms with Gasteiger partial charge in [0.15, 0.2) is 0 Å². The van der Waals surface area contributed by atoms with Gasteiger partial charge < -0.3 is 14.7 Å². The van der Waals surface area contributed by atoms with Crippen molar-refractivity contribution >= 4 is 11.9 Å². The number of piperidine rings is 1. The van der Waals surface area contributed by atoms with Crippen LogP contribution < -0.4 is 0 Å². The Morgan fingerprint density at radius 1 is 0.818 bits per heavy atom. The molecule has 3 aromatic rings. The van der Waals surface area contributed by atoms with Crippen molar-refractivity contribution in [3.63, 3.8) is 0 Å². The molecule has 1 fully saturated rings. The number of carboxylic acids is 1. The number of likely N-dealkylation sites (tertiary alicyclic amines) is 1. The summed E-state index contributed by atoms with van der Waals surface area (Å²) in [6, 6.07) is 11.9. The van der Waals surface area contributed by atoms with Crippen molar-refractivity contribution in [3.8, 4) is 0 Å². The van der Waals surface area contributed by atoms with Crippen LogP contribution in [-0.4, -0.2) is 41.1 Å². The van der Waals surface area contributed by atoms with Crippen LogP contribution in [0.5, 0.6) is 0 Å². The first-order valence-electron chi connectivity index (χ1n) is 13.5. The molecule has 1 aliphatic rings. The number of hydrogen-bond acceptors (Lipinski definition) is 3. The third-order valence-corrected chi connectivity index (χ3v) is 7.50. The molecule has 0 saturated carbocycles. The molecule has 4 rings (SSSR count). The average molecular weight is 630 g/mol. The van der Waals surface area contributed by atoms with E-state index in [-0.39, 0.29) is 37.6 Å². The fourth-order valence-electron chi connectivity index (χ4n) is 5.42. The molecule has 1 saturated heterocycles. The van der Waals surface area contributed by atoms with Gasteiger partial charge in [0.25, 0.3) is 0 Å². The predicted octanol–water partition coefficient (Wildman–Crippen LogP) is 7.43. The van der Waals surface area contributed by atoms with E-state index in [1.54, 1.807) is 0 Å². The summed E-state index contributed by atoms with van der Waals surface area (Å²) in [4.78, 5) is 25.3. The molecule has 2 atom stereocenters. The third kappa shape index (κ3) is 8.34. The number of rotatable bonds is 9. The number of hydrogen-bond donors (Lipinski definition) is 1. The number of carbonyl (C=O) groups is 2. The zero-order valence-corrected chi connectivity index (χ0v) is 23.0. The Kier molecular flexibility index (Phi) is 9.97. The molecule has 13 heteroatoms. The first-order valence-corrected chi connectivity index (χ1v) is 13.5. The Morgan fingerprint density at radius 2 is 1.32 bits per heavy atom. The topological polar surface area (TPSA) is 66.8 Å². The molecule has 1 amide bonds. The highest BCUT2D eigenvalue weighted by molar-refractivity contribution is 5.80. The van der Waals surface area contributed by atoms with Gasteiger partial charge in [-0.2, -0.15) is 26.3 Å². The summed E-state index contributed by atoms with van der Waals surface area (Å²) in [5.74, 6) is -4.11. The van der Waals surface area contributed by atoms with Gasteiger partial charge in [-0.15, -0.1) is 0 Å². The molecular weight excluding hydrogens is 602 g/mol. The lowest BCUT2D eigenvalue weighted by Gasteiger charge is -2.42. The van der Waals surface area contributed by atoms with Gasteiger partial charge in [0.1, 0.15) is 11.6 Å². The molecule has 1 N–H and O–H groups in total. The summed E-state index contributed by atoms with van der Waals surface area (Å²) in [6.45, 7) is -0.574. The fraction of sp³-hybridized carbons (Fsp3) is 0.355. The van der Waals surface area contributed by atoms with E-state index in [0.717, 1.165) is 0 Å². The number of aliphatic carboxylic acids is 1. The lowest BCUT2D eigenvalue weighted by molar-refractivity contribution is -0.144. The fourth-order valence-corrected chi connectivity index (χ4v) is 5.42. The van der Waals surface area contributed by atoms with Crippen LogP contribution in [0, 0.1) is 17.6 Å². The normalized spacial score (nSPS) is 17.6. The number of nitrogens with zero attached hydrogens (tertiary/aromatic N) is 1. The zero-order chi connectivity index (χ0) is 32.2. The average Bonchev–Trinajstić information content (AvgIpc) is 2.96. The number of amides is 1. The Labute approximate surface area is 247 Å². The van der Waals surface area contributed by atoms with E-state index in [9.17, 15) is 44.7 Å². The smallest absolute Gasteiger partial charge is 0.416 e. The van der Waals surface area contributed by atoms with Crippen molar-refractivity contribution in [3.05, 3.63) is 106 Å². The number of alkyl halides is 6. The summed E-state index contributed by atoms with van der Waals surface area (Å²) in [6.07, 6.45) is -11.5. The molecule has 1 aliphatic heterocycles. The number of benzene rings is 3. The van der Waals surface area contributed by atoms with E-state index in [1.807, 2.05) is 0 Å². The molecule has 0 aromatic heterocycles. The van der Waals surface area contributed by atoms with Crippen LogP contribution in [-0.2, 0) is 33.3 Å². The monoisotopic (exact) mass is 629 g/mol. The second-order valence-electron chi connectivity index (χ2n) is 10.5. The van der Waals surface area contributed by atoms with Crippen LogP contribution in [0.2, 0.25) is 0 Å². The molecular formula is C31H27F8NO4. The summed E-state index contributed by atoms with van der Waals surface area (Å²) in [7, 11) is 0. The van der Waals surface area contributed by atoms with Gasteiger partial charge in [-0.3, -0.25) is 9.59 Å². The van der Waals surface area contributed by atoms with Crippen molar-refractivity contribution in [1.29, 1.82) is 0 Å². The van der Waals surface area contributed by atoms with Crippen molar-refractivity contribution in [2.45, 2.75) is 50.2 Å². The summed E-state index contributed by atoms with van der Waals surface area (Å²) >= 11 is 0. The van der Waals surface area contributed by atoms with Crippen LogP contribution >= 0.6 is 0 Å². The number of ether oxygens (including phenoxy) is 1. The maximum Gasteiger partial charge on any atom is 0.416 e. The maximum atomic E-state index is 13.8. The second-order valence-corrected chi connectivity index (χ2v) is 10.5. The van der Waals surface area contributed by atoms with Gasteiger partial charge in [0.2, 0.25) is 5.91 Å². The Bertz CT molecular complexity index is 1380. The van der Waals surface area contributed by atoms with E-state index in [1.165, 1.54) is 53.4 Å². The van der Waals surface area contributed by atoms with Crippen molar-refractivity contribution < 1.29 is 54.6 Å². The van der Waals surface area contributed by atoms with Crippen molar-refractivity contribution in [2.75, 3.05) is 13.1 Å². The quantitative estimate of drug-likeness (QED) is 0.250. The van der Waals surface area contributed by atoms with E-state index in [0.29, 0.717) is 23.3 Å². The van der Waals surface area contributed by atoms with Crippen LogP contribution in [0.3, 0.4) is 0 Å². The van der Waals surface area contributed by atoms with E-state index in [2.05, 4.69) is 0 Å². The highest BCUT2D eigenvalue weighted by Gasteiger charge is 2.40. The van der Waals surface area contributed by atoms with Gasteiger partial charge in [-0.1, -0.05) is 24.3 Å². The standard InChI is InChI=1S/C31H27F8NO4/c32-23-5-1-19(2-6-23)29(20-3-7-24(33)8-4-20)25-16-40(27(41)9-10-28(42)43)12-11-26(25)44-17-18-13-21(30(34,35)36)15-22(14-18)31(37,38)39/h1-8,13-15,25-26,29H,9-12,16-17H2,(H,42,43)/t25-,26+/m0/s1. The van der Waals surface area contributed by atoms with Gasteiger partial charge in [0.05, 0.1) is 30.3 Å². The second kappa shape index (κ2) is 13.3. The van der Waals surface area contributed by atoms with Crippen LogP contribution in [0.25, 0.3) is 0 Å². The minimum atomic E-state index is -5.05. The van der Waals surface area contributed by atoms with E-state index in [4.69, 9.17) is 9.84 Å². The molecule has 3 aromatic carbocycles. The van der Waals surface area contributed by atoms with E-state index < -0.39 is 78.0 Å². The highest BCUT2D eigenvalue weighted by Crippen LogP contribution is 2.40. The van der Waals surface area contributed by atoms with Crippen LogP contribution in [0.15, 0.2) is 66.7 Å². The zero-order valence-electron chi connectivity index (χ0n) is 23.0. The largest absolute Gasteiger partial charge is 0.481 e. The van der Waals surface area contributed by atoms with Gasteiger partial charge in [-0.25, -0.2) is 8.78 Å². The molecule has 0 unspecified atom stereocenters. The summed E-state index contributed by atoms with van der Waals surface area (Å²) in [5, 5.41) is 9.01. The Morgan fingerprint density at radius 3 is 1.77 bits per heavy atom. The summed E-state index contributed by atoms with van der Waals surface area (Å²) in [5.41, 5.74) is -2.27. The first-order chi connectivity index (χ1) is 20.6. The van der Waals surface area contributed by atoms with Crippen molar-refractivity contribution in [1.82, 2.24) is 4.90 Å². The van der Waals surface area contributed by atoms with Gasteiger partial charge in [-0.05, 0) is 65.6 Å². The maximum absolute atomic E-state index is 13.8. The number of carbonyl (C=O) groups excluding carboxylic acids is 1. The molecule has 44 heavy (non-hydrogen) atoms. The third-order valence-electron chi connectivity index (χ3n) is 7.50. The molecule has 0 aliphatic carbocycles. The lowest BCUT2D eigenvalue weighted by Crippen LogP contribution is -2.49. The Hall–Kier alpha value is -4.00. The predicted molar refractivity (Wildman–Crippen MR) is 141 cm³/mol. The first kappa shape index (κ1) is 32.9. The SMILES string of the molecule is O=C(O)CCC(=O)N1CC[C@@H](OCc2cc(C(F)(F)F)cc(C(F)(F)F)c2)[C@@H](C(c2ccc(F)cc2)c2ccc(F)cc2)C1. The van der Waals surface area contributed by atoms with Crippen LogP contribution in [0.1, 0.15) is 53.0 Å². The Balaban J connectivity index is 1.71. The van der Waals surface area contributed by atoms with E-state index >= 15 is 0 Å². The molecule has 5 nitrogen and oxygen atoms in total. The van der Waals surface area contributed by atoms with Gasteiger partial charge in [0, 0.05) is 31.3 Å². The van der Waals surface area contributed by atoms with Gasteiger partial charge >= 0.3 is 18.3 Å². The lowest BCUT2D eigenvalue weighted by atomic mass is 9.75. The van der Waals surface area contributed by atoms with Crippen molar-refractivity contribution in [2.24, 2.45) is 5.92 Å². The molecule has 1 heterocycles. The molecule has 0 radical (unpaired) electrons. The van der Waals surface area contributed by atoms with Crippen LogP contribution in [0.4, 0.5) is 35.1 Å². The minimum Gasteiger partial charge on any atom is -0.481 e. The summed E-state index contributed by atoms with van der Waals surface area (Å²) < 4.78 is 114. The molecule has 0 spiro atoms.